The fourth-order valence-electron chi connectivity index (χ4n) is 2.58. The average Bonchev–Trinajstić information content (AvgIpc) is 2.99. The van der Waals surface area contributed by atoms with Gasteiger partial charge in [-0.1, -0.05) is 36.0 Å². The molecule has 0 aromatic heterocycles. The first-order valence-electron chi connectivity index (χ1n) is 8.39. The number of benzene rings is 2. The minimum atomic E-state index is -4.32. The van der Waals surface area contributed by atoms with Crippen LogP contribution in [0.3, 0.4) is 0 Å². The third kappa shape index (κ3) is 5.77. The molecule has 2 aromatic carbocycles. The Hall–Kier alpha value is -2.46. The number of halogens is 3. The van der Waals surface area contributed by atoms with E-state index in [2.05, 4.69) is 5.32 Å². The maximum absolute atomic E-state index is 12.6. The molecule has 0 unspecified atom stereocenters. The highest BCUT2D eigenvalue weighted by Gasteiger charge is 2.30. The molecular weight excluding hydrogens is 425 g/mol. The summed E-state index contributed by atoms with van der Waals surface area (Å²) in [6.45, 7) is 0.0593. The van der Waals surface area contributed by atoms with Crippen LogP contribution in [0.15, 0.2) is 53.4 Å². The Morgan fingerprint density at radius 3 is 2.59 bits per heavy atom. The number of nitrogens with one attached hydrogen (secondary N) is 1. The lowest BCUT2D eigenvalue weighted by atomic mass is 10.1. The Bertz CT molecular complexity index is 934. The van der Waals surface area contributed by atoms with Crippen LogP contribution in [0.4, 0.5) is 23.7 Å². The number of para-hydroxylation sites is 1. The van der Waals surface area contributed by atoms with Crippen LogP contribution in [0.2, 0.25) is 0 Å². The van der Waals surface area contributed by atoms with Crippen molar-refractivity contribution in [2.45, 2.75) is 17.6 Å². The summed E-state index contributed by atoms with van der Waals surface area (Å²) in [5, 5.41) is 2.29. The first-order chi connectivity index (χ1) is 13.7. The molecule has 1 saturated heterocycles. The van der Waals surface area contributed by atoms with Crippen molar-refractivity contribution in [1.29, 1.82) is 0 Å². The molecule has 2 aromatic rings. The van der Waals surface area contributed by atoms with Gasteiger partial charge in [0.15, 0.2) is 0 Å². The highest BCUT2D eigenvalue weighted by molar-refractivity contribution is 8.14. The highest BCUT2D eigenvalue weighted by Crippen LogP contribution is 2.32. The third-order valence-corrected chi connectivity index (χ3v) is 5.89. The van der Waals surface area contributed by atoms with Crippen molar-refractivity contribution in [3.63, 3.8) is 0 Å². The van der Waals surface area contributed by atoms with Crippen LogP contribution in [0.25, 0.3) is 0 Å². The molecule has 1 heterocycles. The predicted octanol–water partition coefficient (Wildman–Crippen LogP) is 4.79. The molecule has 5 nitrogen and oxygen atoms in total. The van der Waals surface area contributed by atoms with E-state index in [0.717, 1.165) is 16.7 Å². The second-order valence-electron chi connectivity index (χ2n) is 6.09. The molecule has 1 aliphatic rings. The maximum atomic E-state index is 12.6. The van der Waals surface area contributed by atoms with Gasteiger partial charge in [-0.3, -0.25) is 19.3 Å². The fraction of sp³-hybridized carbons (Fsp3) is 0.211. The summed E-state index contributed by atoms with van der Waals surface area (Å²) in [6, 6.07) is 12.6. The predicted molar refractivity (Wildman–Crippen MR) is 106 cm³/mol. The third-order valence-electron chi connectivity index (χ3n) is 3.90. The minimum Gasteiger partial charge on any atom is -0.321 e. The first kappa shape index (κ1) is 21.3. The molecular formula is C19H15F3N2O3S2. The van der Waals surface area contributed by atoms with Crippen molar-refractivity contribution in [3.05, 3.63) is 59.7 Å². The molecule has 0 atom stereocenters. The van der Waals surface area contributed by atoms with E-state index in [9.17, 15) is 27.6 Å². The number of imide groups is 1. The van der Waals surface area contributed by atoms with Crippen molar-refractivity contribution in [2.75, 3.05) is 16.8 Å². The zero-order valence-electron chi connectivity index (χ0n) is 14.9. The number of hydrogen-bond acceptors (Lipinski definition) is 5. The first-order valence-corrected chi connectivity index (χ1v) is 10.4. The molecule has 3 rings (SSSR count). The Morgan fingerprint density at radius 2 is 1.90 bits per heavy atom. The van der Waals surface area contributed by atoms with Gasteiger partial charge in [0.05, 0.1) is 23.7 Å². The molecule has 1 fully saturated rings. The van der Waals surface area contributed by atoms with Crippen molar-refractivity contribution >= 4 is 46.3 Å². The monoisotopic (exact) mass is 440 g/mol. The van der Waals surface area contributed by atoms with E-state index < -0.39 is 17.8 Å². The standard InChI is InChI=1S/C19H15F3N2O3S2/c20-19(21,22)11-29-15-7-2-1-6-14(15)23-17(26)13-5-3-4-12(8-13)9-24-16(25)10-28-18(24)27/h1-8H,9-11H2,(H,23,26). The number of anilines is 1. The molecule has 0 bridgehead atoms. The van der Waals surface area contributed by atoms with Gasteiger partial charge in [-0.2, -0.15) is 13.2 Å². The van der Waals surface area contributed by atoms with Gasteiger partial charge < -0.3 is 5.32 Å². The van der Waals surface area contributed by atoms with E-state index in [1.165, 1.54) is 12.1 Å². The summed E-state index contributed by atoms with van der Waals surface area (Å²) in [7, 11) is 0. The van der Waals surface area contributed by atoms with E-state index in [0.29, 0.717) is 22.2 Å². The van der Waals surface area contributed by atoms with Gasteiger partial charge in [0.25, 0.3) is 11.1 Å². The Balaban J connectivity index is 1.72. The zero-order valence-corrected chi connectivity index (χ0v) is 16.5. The van der Waals surface area contributed by atoms with E-state index in [1.54, 1.807) is 36.4 Å². The van der Waals surface area contributed by atoms with E-state index in [4.69, 9.17) is 0 Å². The van der Waals surface area contributed by atoms with Crippen molar-refractivity contribution in [3.8, 4) is 0 Å². The molecule has 1 aliphatic heterocycles. The number of hydrogen-bond donors (Lipinski definition) is 1. The summed E-state index contributed by atoms with van der Waals surface area (Å²) >= 11 is 1.52. The van der Waals surface area contributed by atoms with Gasteiger partial charge in [-0.05, 0) is 29.8 Å². The number of carbonyl (C=O) groups excluding carboxylic acids is 3. The molecule has 0 aliphatic carbocycles. The van der Waals surface area contributed by atoms with Crippen molar-refractivity contribution < 1.29 is 27.6 Å². The van der Waals surface area contributed by atoms with Gasteiger partial charge in [0, 0.05) is 10.5 Å². The Labute approximate surface area is 173 Å². The van der Waals surface area contributed by atoms with Gasteiger partial charge in [0.1, 0.15) is 0 Å². The summed E-state index contributed by atoms with van der Waals surface area (Å²) in [6.07, 6.45) is -4.32. The van der Waals surface area contributed by atoms with Gasteiger partial charge in [-0.25, -0.2) is 0 Å². The molecule has 29 heavy (non-hydrogen) atoms. The molecule has 0 saturated carbocycles. The van der Waals surface area contributed by atoms with Crippen LogP contribution >= 0.6 is 23.5 Å². The van der Waals surface area contributed by atoms with Crippen LogP contribution in [0.1, 0.15) is 15.9 Å². The number of rotatable bonds is 6. The highest BCUT2D eigenvalue weighted by atomic mass is 32.2. The summed E-state index contributed by atoms with van der Waals surface area (Å²) in [5.41, 5.74) is 1.14. The number of alkyl halides is 3. The summed E-state index contributed by atoms with van der Waals surface area (Å²) in [4.78, 5) is 37.5. The number of nitrogens with zero attached hydrogens (tertiary/aromatic N) is 1. The van der Waals surface area contributed by atoms with Gasteiger partial charge >= 0.3 is 6.18 Å². The Kier molecular flexibility index (Phi) is 6.53. The lowest BCUT2D eigenvalue weighted by Crippen LogP contribution is -2.28. The van der Waals surface area contributed by atoms with Gasteiger partial charge in [-0.15, -0.1) is 11.8 Å². The van der Waals surface area contributed by atoms with Crippen LogP contribution < -0.4 is 5.32 Å². The molecule has 3 amide bonds. The second-order valence-corrected chi connectivity index (χ2v) is 8.03. The fourth-order valence-corrected chi connectivity index (χ4v) is 4.07. The molecule has 1 N–H and O–H groups in total. The van der Waals surface area contributed by atoms with Crippen molar-refractivity contribution in [1.82, 2.24) is 4.90 Å². The molecule has 152 valence electrons. The number of amides is 3. The summed E-state index contributed by atoms with van der Waals surface area (Å²) in [5.74, 6) is -1.75. The van der Waals surface area contributed by atoms with Crippen LogP contribution in [-0.2, 0) is 11.3 Å². The quantitative estimate of drug-likeness (QED) is 0.655. The lowest BCUT2D eigenvalue weighted by Gasteiger charge is -2.14. The topological polar surface area (TPSA) is 66.5 Å². The number of carbonyl (C=O) groups is 3. The number of thioether (sulfide) groups is 2. The van der Waals surface area contributed by atoms with Gasteiger partial charge in [0.2, 0.25) is 5.91 Å². The van der Waals surface area contributed by atoms with Crippen LogP contribution in [0.5, 0.6) is 0 Å². The lowest BCUT2D eigenvalue weighted by molar-refractivity contribution is -0.125. The average molecular weight is 440 g/mol. The van der Waals surface area contributed by atoms with E-state index >= 15 is 0 Å². The summed E-state index contributed by atoms with van der Waals surface area (Å²) < 4.78 is 37.5. The van der Waals surface area contributed by atoms with Crippen LogP contribution in [-0.4, -0.2) is 39.6 Å². The second kappa shape index (κ2) is 8.91. The normalized spacial score (nSPS) is 14.4. The minimum absolute atomic E-state index is 0.0593. The van der Waals surface area contributed by atoms with Crippen molar-refractivity contribution in [2.24, 2.45) is 0 Å². The SMILES string of the molecule is O=C(Nc1ccccc1SCC(F)(F)F)c1cccc(CN2C(=O)CSC2=O)c1. The Morgan fingerprint density at radius 1 is 1.14 bits per heavy atom. The molecule has 10 heteroatoms. The maximum Gasteiger partial charge on any atom is 0.398 e. The smallest absolute Gasteiger partial charge is 0.321 e. The molecule has 0 spiro atoms. The van der Waals surface area contributed by atoms with Crippen LogP contribution in [0, 0.1) is 0 Å². The largest absolute Gasteiger partial charge is 0.398 e. The zero-order chi connectivity index (χ0) is 21.0. The molecule has 0 radical (unpaired) electrons. The van der Waals surface area contributed by atoms with E-state index in [1.807, 2.05) is 0 Å². The van der Waals surface area contributed by atoms with E-state index in [-0.39, 0.29) is 34.7 Å².